The van der Waals surface area contributed by atoms with Crippen molar-refractivity contribution in [1.29, 1.82) is 5.26 Å². The summed E-state index contributed by atoms with van der Waals surface area (Å²) < 4.78 is 22.8. The summed E-state index contributed by atoms with van der Waals surface area (Å²) in [5.41, 5.74) is 1.17. The van der Waals surface area contributed by atoms with E-state index in [-0.39, 0.29) is 11.8 Å². The van der Waals surface area contributed by atoms with E-state index < -0.39 is 9.84 Å². The third kappa shape index (κ3) is 2.36. The number of benzene rings is 1. The molecule has 100 valence electrons. The molecule has 1 aromatic heterocycles. The Morgan fingerprint density at radius 2 is 2.15 bits per heavy atom. The molecular weight excluding hydrogens is 274 g/mol. The van der Waals surface area contributed by atoms with Gasteiger partial charge in [-0.3, -0.25) is 0 Å². The molecule has 0 saturated carbocycles. The van der Waals surface area contributed by atoms with Gasteiger partial charge in [-0.1, -0.05) is 18.2 Å². The third-order valence-electron chi connectivity index (χ3n) is 3.10. The van der Waals surface area contributed by atoms with Crippen molar-refractivity contribution < 1.29 is 8.42 Å². The van der Waals surface area contributed by atoms with Gasteiger partial charge in [0.05, 0.1) is 22.9 Å². The number of nitrogens with zero attached hydrogens (tertiary/aromatic N) is 2. The average molecular weight is 285 g/mol. The maximum atomic E-state index is 11.4. The second-order valence-electron chi connectivity index (χ2n) is 4.60. The summed E-state index contributed by atoms with van der Waals surface area (Å²) in [5, 5.41) is 14.3. The largest absolute Gasteiger partial charge is 0.362 e. The van der Waals surface area contributed by atoms with Crippen molar-refractivity contribution in [2.24, 2.45) is 0 Å². The molecule has 1 aliphatic heterocycles. The molecule has 2 heterocycles. The molecule has 0 bridgehead atoms. The molecule has 5 nitrogen and oxygen atoms in total. The lowest BCUT2D eigenvalue weighted by molar-refractivity contribution is 0.605. The lowest BCUT2D eigenvalue weighted by Gasteiger charge is -2.12. The van der Waals surface area contributed by atoms with Crippen LogP contribution in [0.2, 0.25) is 0 Å². The van der Waals surface area contributed by atoms with Gasteiger partial charge in [0.15, 0.2) is 9.84 Å². The molecule has 1 aromatic carbocycles. The minimum Gasteiger partial charge on any atom is -0.362 e. The quantitative estimate of drug-likeness (QED) is 0.910. The zero-order valence-corrected chi connectivity index (χ0v) is 11.3. The predicted molar refractivity (Wildman–Crippen MR) is 76.8 cm³/mol. The van der Waals surface area contributed by atoms with Crippen LogP contribution in [0.3, 0.4) is 0 Å². The summed E-state index contributed by atoms with van der Waals surface area (Å²) >= 11 is 0. The van der Waals surface area contributed by atoms with E-state index in [2.05, 4.69) is 16.4 Å². The molecule has 0 spiro atoms. The Hall–Kier alpha value is -2.39. The number of para-hydroxylation sites is 1. The molecule has 0 amide bonds. The van der Waals surface area contributed by atoms with Crippen LogP contribution in [-0.2, 0) is 9.84 Å². The van der Waals surface area contributed by atoms with Gasteiger partial charge in [-0.15, -0.1) is 0 Å². The van der Waals surface area contributed by atoms with E-state index in [9.17, 15) is 13.7 Å². The zero-order valence-electron chi connectivity index (χ0n) is 10.4. The monoisotopic (exact) mass is 285 g/mol. The van der Waals surface area contributed by atoms with Gasteiger partial charge in [-0.2, -0.15) is 5.26 Å². The number of hydrogen-bond donors (Lipinski definition) is 1. The Kier molecular flexibility index (Phi) is 2.92. The van der Waals surface area contributed by atoms with Gasteiger partial charge in [-0.05, 0) is 18.2 Å². The molecule has 0 fully saturated rings. The fourth-order valence-electron chi connectivity index (χ4n) is 2.15. The number of sulfone groups is 1. The van der Waals surface area contributed by atoms with Crippen LogP contribution >= 0.6 is 0 Å². The zero-order chi connectivity index (χ0) is 14.2. The summed E-state index contributed by atoms with van der Waals surface area (Å²) in [7, 11) is -3.13. The predicted octanol–water partition coefficient (Wildman–Crippen LogP) is 1.83. The fourth-order valence-corrected chi connectivity index (χ4v) is 3.39. The lowest BCUT2D eigenvalue weighted by Crippen LogP contribution is -2.22. The molecule has 0 aliphatic carbocycles. The molecule has 0 radical (unpaired) electrons. The fraction of sp³-hybridized carbons (Fsp3) is 0.143. The van der Waals surface area contributed by atoms with Crippen LogP contribution in [0, 0.1) is 11.3 Å². The van der Waals surface area contributed by atoms with E-state index in [0.717, 1.165) is 10.9 Å². The van der Waals surface area contributed by atoms with Crippen molar-refractivity contribution in [3.8, 4) is 6.07 Å². The van der Waals surface area contributed by atoms with Crippen molar-refractivity contribution in [2.75, 3.05) is 11.1 Å². The number of aromatic nitrogens is 1. The number of hydrogen-bond acceptors (Lipinski definition) is 5. The Bertz CT molecular complexity index is 850. The van der Waals surface area contributed by atoms with Crippen molar-refractivity contribution in [1.82, 2.24) is 4.98 Å². The van der Waals surface area contributed by atoms with Crippen LogP contribution in [0.1, 0.15) is 5.56 Å². The highest BCUT2D eigenvalue weighted by atomic mass is 32.2. The van der Waals surface area contributed by atoms with Gasteiger partial charge in [0.25, 0.3) is 0 Å². The Balaban J connectivity index is 1.99. The summed E-state index contributed by atoms with van der Waals surface area (Å²) in [5.74, 6) is 0.407. The average Bonchev–Trinajstić information content (AvgIpc) is 2.77. The topological polar surface area (TPSA) is 82.8 Å². The summed E-state index contributed by atoms with van der Waals surface area (Å²) in [6.45, 7) is 0. The van der Waals surface area contributed by atoms with Gasteiger partial charge in [0.2, 0.25) is 0 Å². The number of pyridine rings is 1. The first-order valence-corrected chi connectivity index (χ1v) is 7.76. The summed E-state index contributed by atoms with van der Waals surface area (Å²) in [6.07, 6.45) is 1.58. The lowest BCUT2D eigenvalue weighted by atomic mass is 10.1. The van der Waals surface area contributed by atoms with Crippen molar-refractivity contribution in [2.45, 2.75) is 6.04 Å². The highest BCUT2D eigenvalue weighted by molar-refractivity contribution is 7.94. The number of anilines is 1. The highest BCUT2D eigenvalue weighted by Crippen LogP contribution is 2.22. The van der Waals surface area contributed by atoms with E-state index >= 15 is 0 Å². The third-order valence-corrected chi connectivity index (χ3v) is 4.49. The maximum Gasteiger partial charge on any atom is 0.173 e. The Morgan fingerprint density at radius 1 is 1.35 bits per heavy atom. The van der Waals surface area contributed by atoms with Gasteiger partial charge in [0, 0.05) is 10.8 Å². The smallest absolute Gasteiger partial charge is 0.173 e. The van der Waals surface area contributed by atoms with Crippen LogP contribution in [0.25, 0.3) is 10.9 Å². The van der Waals surface area contributed by atoms with E-state index in [4.69, 9.17) is 0 Å². The normalized spacial score (nSPS) is 19.9. The maximum absolute atomic E-state index is 11.4. The van der Waals surface area contributed by atoms with Crippen LogP contribution in [-0.4, -0.2) is 25.2 Å². The molecule has 1 atom stereocenters. The second kappa shape index (κ2) is 4.62. The molecule has 6 heteroatoms. The van der Waals surface area contributed by atoms with Gasteiger partial charge in [0.1, 0.15) is 11.9 Å². The highest BCUT2D eigenvalue weighted by Gasteiger charge is 2.22. The molecular formula is C14H11N3O2S. The molecule has 1 N–H and O–H groups in total. The first-order chi connectivity index (χ1) is 9.57. The molecule has 3 rings (SSSR count). The molecule has 20 heavy (non-hydrogen) atoms. The Labute approximate surface area is 116 Å². The summed E-state index contributed by atoms with van der Waals surface area (Å²) in [4.78, 5) is 4.39. The van der Waals surface area contributed by atoms with Gasteiger partial charge in [-0.25, -0.2) is 13.4 Å². The van der Waals surface area contributed by atoms with Crippen LogP contribution in [0.15, 0.2) is 41.8 Å². The minimum absolute atomic E-state index is 0.00756. The van der Waals surface area contributed by atoms with Crippen LogP contribution in [0.5, 0.6) is 0 Å². The van der Waals surface area contributed by atoms with Crippen LogP contribution in [0.4, 0.5) is 5.82 Å². The molecule has 1 aliphatic rings. The van der Waals surface area contributed by atoms with E-state index in [1.165, 1.54) is 5.41 Å². The summed E-state index contributed by atoms with van der Waals surface area (Å²) in [6, 6.07) is 11.0. The van der Waals surface area contributed by atoms with Crippen LogP contribution < -0.4 is 5.32 Å². The minimum atomic E-state index is -3.13. The second-order valence-corrected chi connectivity index (χ2v) is 6.53. The van der Waals surface area contributed by atoms with Crippen molar-refractivity contribution in [3.05, 3.63) is 47.4 Å². The number of nitrogens with one attached hydrogen (secondary N) is 1. The van der Waals surface area contributed by atoms with Crippen molar-refractivity contribution >= 4 is 26.6 Å². The standard InChI is InChI=1S/C14H11N3O2S/c15-8-11-7-10-3-1-2-4-13(10)17-14(11)16-12-5-6-20(18,19)9-12/h1-7,12H,9H2,(H,16,17). The van der Waals surface area contributed by atoms with Crippen molar-refractivity contribution in [3.63, 3.8) is 0 Å². The van der Waals surface area contributed by atoms with Gasteiger partial charge >= 0.3 is 0 Å². The molecule has 1 unspecified atom stereocenters. The number of rotatable bonds is 2. The van der Waals surface area contributed by atoms with E-state index in [1.807, 2.05) is 24.3 Å². The SMILES string of the molecule is N#Cc1cc2ccccc2nc1NC1C=CS(=O)(=O)C1. The first-order valence-electron chi connectivity index (χ1n) is 6.05. The molecule has 0 saturated heterocycles. The van der Waals surface area contributed by atoms with E-state index in [0.29, 0.717) is 11.4 Å². The molecule has 2 aromatic rings. The Morgan fingerprint density at radius 3 is 2.85 bits per heavy atom. The van der Waals surface area contributed by atoms with Gasteiger partial charge < -0.3 is 5.32 Å². The van der Waals surface area contributed by atoms with E-state index in [1.54, 1.807) is 12.1 Å². The number of nitriles is 1. The number of fused-ring (bicyclic) bond motifs is 1. The first kappa shape index (κ1) is 12.6.